The summed E-state index contributed by atoms with van der Waals surface area (Å²) in [4.78, 5) is 11.6. The predicted molar refractivity (Wildman–Crippen MR) is 72.2 cm³/mol. The Balaban J connectivity index is 2.58. The number of aliphatic hydroxyl groups is 1. The van der Waals surface area contributed by atoms with Crippen LogP contribution in [0.2, 0.25) is 0 Å². The van der Waals surface area contributed by atoms with Crippen LogP contribution < -0.4 is 10.6 Å². The molecule has 0 heterocycles. The average molecular weight is 301 g/mol. The molecular formula is C12H17BrN2O2. The van der Waals surface area contributed by atoms with E-state index >= 15 is 0 Å². The number of aryl methyl sites for hydroxylation is 1. The van der Waals surface area contributed by atoms with Crippen LogP contribution in [-0.4, -0.2) is 23.8 Å². The molecule has 0 aromatic heterocycles. The molecule has 17 heavy (non-hydrogen) atoms. The van der Waals surface area contributed by atoms with E-state index in [4.69, 9.17) is 5.11 Å². The first-order valence-corrected chi connectivity index (χ1v) is 6.26. The SMILES string of the molecule is Cc1ccc(Br)cc1NC(=O)N[C@H](C)CCO. The van der Waals surface area contributed by atoms with Gasteiger partial charge in [0, 0.05) is 22.8 Å². The van der Waals surface area contributed by atoms with E-state index in [2.05, 4.69) is 26.6 Å². The van der Waals surface area contributed by atoms with Crippen LogP contribution in [0.5, 0.6) is 0 Å². The van der Waals surface area contributed by atoms with Gasteiger partial charge in [0.25, 0.3) is 0 Å². The first-order chi connectivity index (χ1) is 8.02. The molecule has 0 saturated heterocycles. The largest absolute Gasteiger partial charge is 0.396 e. The quantitative estimate of drug-likeness (QED) is 0.800. The zero-order valence-corrected chi connectivity index (χ0v) is 11.5. The molecule has 4 nitrogen and oxygen atoms in total. The van der Waals surface area contributed by atoms with Gasteiger partial charge in [-0.15, -0.1) is 0 Å². The first-order valence-electron chi connectivity index (χ1n) is 5.47. The molecule has 3 N–H and O–H groups in total. The van der Waals surface area contributed by atoms with E-state index in [0.29, 0.717) is 6.42 Å². The number of halogens is 1. The summed E-state index contributed by atoms with van der Waals surface area (Å²) in [5.41, 5.74) is 1.77. The van der Waals surface area contributed by atoms with Gasteiger partial charge in [-0.2, -0.15) is 0 Å². The monoisotopic (exact) mass is 300 g/mol. The first kappa shape index (κ1) is 14.0. The molecule has 5 heteroatoms. The van der Waals surface area contributed by atoms with Crippen molar-refractivity contribution < 1.29 is 9.90 Å². The summed E-state index contributed by atoms with van der Waals surface area (Å²) in [7, 11) is 0. The highest BCUT2D eigenvalue weighted by Crippen LogP contribution is 2.20. The van der Waals surface area contributed by atoms with Crippen molar-refractivity contribution in [2.24, 2.45) is 0 Å². The molecule has 2 amide bonds. The van der Waals surface area contributed by atoms with Crippen LogP contribution in [0.1, 0.15) is 18.9 Å². The lowest BCUT2D eigenvalue weighted by Gasteiger charge is -2.14. The Kier molecular flexibility index (Phi) is 5.44. The Morgan fingerprint density at radius 2 is 2.24 bits per heavy atom. The molecule has 0 spiro atoms. The number of carbonyl (C=O) groups excluding carboxylic acids is 1. The number of benzene rings is 1. The summed E-state index contributed by atoms with van der Waals surface area (Å²) < 4.78 is 0.918. The third-order valence-corrected chi connectivity index (χ3v) is 2.88. The van der Waals surface area contributed by atoms with Gasteiger partial charge in [0.05, 0.1) is 0 Å². The number of rotatable bonds is 4. The van der Waals surface area contributed by atoms with Crippen molar-refractivity contribution in [2.45, 2.75) is 26.3 Å². The number of carbonyl (C=O) groups is 1. The fraction of sp³-hybridized carbons (Fsp3) is 0.417. The molecule has 0 aliphatic heterocycles. The summed E-state index contributed by atoms with van der Waals surface area (Å²) in [6.45, 7) is 3.85. The summed E-state index contributed by atoms with van der Waals surface area (Å²) in [5.74, 6) is 0. The molecule has 1 rings (SSSR count). The third kappa shape index (κ3) is 4.75. The number of urea groups is 1. The maximum absolute atomic E-state index is 11.6. The van der Waals surface area contributed by atoms with E-state index < -0.39 is 0 Å². The van der Waals surface area contributed by atoms with E-state index in [1.54, 1.807) is 0 Å². The number of aliphatic hydroxyl groups excluding tert-OH is 1. The van der Waals surface area contributed by atoms with Gasteiger partial charge in [0.1, 0.15) is 0 Å². The minimum atomic E-state index is -0.257. The Morgan fingerprint density at radius 1 is 1.53 bits per heavy atom. The lowest BCUT2D eigenvalue weighted by Crippen LogP contribution is -2.36. The standard InChI is InChI=1S/C12H17BrN2O2/c1-8-3-4-10(13)7-11(8)15-12(17)14-9(2)5-6-16/h3-4,7,9,16H,5-6H2,1-2H3,(H2,14,15,17)/t9-/m1/s1. The van der Waals surface area contributed by atoms with Gasteiger partial charge in [-0.3, -0.25) is 0 Å². The van der Waals surface area contributed by atoms with Gasteiger partial charge in [-0.25, -0.2) is 4.79 Å². The van der Waals surface area contributed by atoms with Crippen LogP contribution in [-0.2, 0) is 0 Å². The highest BCUT2D eigenvalue weighted by Gasteiger charge is 2.08. The van der Waals surface area contributed by atoms with E-state index in [0.717, 1.165) is 15.7 Å². The van der Waals surface area contributed by atoms with Gasteiger partial charge in [0.15, 0.2) is 0 Å². The minimum absolute atomic E-state index is 0.0486. The molecule has 0 saturated carbocycles. The Morgan fingerprint density at radius 3 is 2.88 bits per heavy atom. The van der Waals surface area contributed by atoms with Gasteiger partial charge < -0.3 is 15.7 Å². The number of anilines is 1. The van der Waals surface area contributed by atoms with E-state index in [1.165, 1.54) is 0 Å². The smallest absolute Gasteiger partial charge is 0.319 e. The van der Waals surface area contributed by atoms with Crippen molar-refractivity contribution >= 4 is 27.6 Å². The highest BCUT2D eigenvalue weighted by atomic mass is 79.9. The summed E-state index contributed by atoms with van der Waals surface area (Å²) >= 11 is 3.36. The zero-order chi connectivity index (χ0) is 12.8. The molecule has 0 aliphatic rings. The molecule has 0 unspecified atom stereocenters. The normalized spacial score (nSPS) is 12.0. The number of hydrogen-bond donors (Lipinski definition) is 3. The lowest BCUT2D eigenvalue weighted by molar-refractivity contribution is 0.241. The van der Waals surface area contributed by atoms with E-state index in [-0.39, 0.29) is 18.7 Å². The van der Waals surface area contributed by atoms with Crippen molar-refractivity contribution in [2.75, 3.05) is 11.9 Å². The minimum Gasteiger partial charge on any atom is -0.396 e. The molecule has 1 aromatic carbocycles. The second-order valence-electron chi connectivity index (χ2n) is 3.97. The second-order valence-corrected chi connectivity index (χ2v) is 4.89. The van der Waals surface area contributed by atoms with Gasteiger partial charge in [0.2, 0.25) is 0 Å². The van der Waals surface area contributed by atoms with Crippen molar-refractivity contribution in [3.05, 3.63) is 28.2 Å². The Hall–Kier alpha value is -1.07. The summed E-state index contributed by atoms with van der Waals surface area (Å²) in [5, 5.41) is 14.3. The fourth-order valence-corrected chi connectivity index (χ4v) is 1.74. The molecule has 1 atom stereocenters. The van der Waals surface area contributed by atoms with Crippen molar-refractivity contribution in [3.63, 3.8) is 0 Å². The maximum atomic E-state index is 11.6. The molecule has 94 valence electrons. The average Bonchev–Trinajstić information content (AvgIpc) is 2.23. The zero-order valence-electron chi connectivity index (χ0n) is 9.96. The third-order valence-electron chi connectivity index (χ3n) is 2.39. The molecular weight excluding hydrogens is 284 g/mol. The second kappa shape index (κ2) is 6.61. The molecule has 0 fully saturated rings. The maximum Gasteiger partial charge on any atom is 0.319 e. The van der Waals surface area contributed by atoms with Crippen molar-refractivity contribution in [1.29, 1.82) is 0 Å². The van der Waals surface area contributed by atoms with Gasteiger partial charge >= 0.3 is 6.03 Å². The number of amides is 2. The van der Waals surface area contributed by atoms with Crippen molar-refractivity contribution in [1.82, 2.24) is 5.32 Å². The summed E-state index contributed by atoms with van der Waals surface area (Å²) in [6, 6.07) is 5.40. The van der Waals surface area contributed by atoms with E-state index in [9.17, 15) is 4.79 Å². The fourth-order valence-electron chi connectivity index (χ4n) is 1.38. The van der Waals surface area contributed by atoms with E-state index in [1.807, 2.05) is 32.0 Å². The van der Waals surface area contributed by atoms with Crippen LogP contribution in [0.3, 0.4) is 0 Å². The number of nitrogens with one attached hydrogen (secondary N) is 2. The number of hydrogen-bond acceptors (Lipinski definition) is 2. The van der Waals surface area contributed by atoms with Gasteiger partial charge in [-0.1, -0.05) is 22.0 Å². The molecule has 1 aromatic rings. The Bertz CT molecular complexity index is 396. The van der Waals surface area contributed by atoms with Crippen LogP contribution in [0.25, 0.3) is 0 Å². The predicted octanol–water partition coefficient (Wildman–Crippen LogP) is 2.65. The Labute approximate surface area is 110 Å². The van der Waals surface area contributed by atoms with Crippen LogP contribution in [0, 0.1) is 6.92 Å². The van der Waals surface area contributed by atoms with Gasteiger partial charge in [-0.05, 0) is 38.0 Å². The molecule has 0 aliphatic carbocycles. The van der Waals surface area contributed by atoms with Crippen LogP contribution in [0.15, 0.2) is 22.7 Å². The topological polar surface area (TPSA) is 61.4 Å². The molecule has 0 bridgehead atoms. The molecule has 0 radical (unpaired) electrons. The van der Waals surface area contributed by atoms with Crippen molar-refractivity contribution in [3.8, 4) is 0 Å². The lowest BCUT2D eigenvalue weighted by atomic mass is 10.2. The van der Waals surface area contributed by atoms with Crippen LogP contribution >= 0.6 is 15.9 Å². The summed E-state index contributed by atoms with van der Waals surface area (Å²) in [6.07, 6.45) is 0.547. The highest BCUT2D eigenvalue weighted by molar-refractivity contribution is 9.10. The van der Waals surface area contributed by atoms with Crippen LogP contribution in [0.4, 0.5) is 10.5 Å².